The van der Waals surface area contributed by atoms with E-state index < -0.39 is 5.60 Å². The fraction of sp³-hybridized carbons (Fsp3) is 0.412. The van der Waals surface area contributed by atoms with Crippen LogP contribution in [0.25, 0.3) is 5.69 Å². The predicted octanol–water partition coefficient (Wildman–Crippen LogP) is 2.41. The van der Waals surface area contributed by atoms with Gasteiger partial charge in [0.15, 0.2) is 0 Å². The first-order valence-corrected chi connectivity index (χ1v) is 7.43. The van der Waals surface area contributed by atoms with Gasteiger partial charge in [0.2, 0.25) is 0 Å². The molecular formula is C17H23N3O2. The first-order chi connectivity index (χ1) is 10.3. The van der Waals surface area contributed by atoms with Crippen LogP contribution in [0.4, 0.5) is 0 Å². The van der Waals surface area contributed by atoms with Crippen LogP contribution in [0.15, 0.2) is 36.7 Å². The molecule has 0 aliphatic rings. The molecule has 0 unspecified atom stereocenters. The van der Waals surface area contributed by atoms with Crippen LogP contribution in [0.5, 0.6) is 0 Å². The highest BCUT2D eigenvalue weighted by molar-refractivity contribution is 5.94. The smallest absolute Gasteiger partial charge is 0.253 e. The van der Waals surface area contributed by atoms with Crippen molar-refractivity contribution in [3.05, 3.63) is 47.8 Å². The summed E-state index contributed by atoms with van der Waals surface area (Å²) in [5.41, 5.74) is 1.70. The molecule has 2 aromatic rings. The Morgan fingerprint density at radius 1 is 1.32 bits per heavy atom. The summed E-state index contributed by atoms with van der Waals surface area (Å²) in [6.07, 6.45) is 3.73. The van der Waals surface area contributed by atoms with Crippen LogP contribution in [-0.4, -0.2) is 44.4 Å². The number of rotatable bonds is 5. The highest BCUT2D eigenvalue weighted by Crippen LogP contribution is 2.13. The Bertz CT molecular complexity index is 639. The molecule has 0 aliphatic carbocycles. The number of likely N-dealkylation sites (N-methyl/N-ethyl adjacent to an activating group) is 1. The quantitative estimate of drug-likeness (QED) is 0.922. The first kappa shape index (κ1) is 16.2. The Hall–Kier alpha value is -2.14. The topological polar surface area (TPSA) is 58.4 Å². The Morgan fingerprint density at radius 3 is 2.41 bits per heavy atom. The third-order valence-electron chi connectivity index (χ3n) is 3.34. The number of carbonyl (C=O) groups is 1. The number of hydrogen-bond acceptors (Lipinski definition) is 3. The van der Waals surface area contributed by atoms with Gasteiger partial charge in [-0.1, -0.05) is 0 Å². The summed E-state index contributed by atoms with van der Waals surface area (Å²) in [6.45, 7) is 8.16. The van der Waals surface area contributed by atoms with Gasteiger partial charge in [-0.2, -0.15) is 5.10 Å². The van der Waals surface area contributed by atoms with Crippen LogP contribution in [0.2, 0.25) is 0 Å². The molecule has 0 saturated heterocycles. The lowest BCUT2D eigenvalue weighted by atomic mass is 10.1. The number of nitrogens with zero attached hydrogens (tertiary/aromatic N) is 3. The normalized spacial score (nSPS) is 11.5. The number of aromatic nitrogens is 2. The van der Waals surface area contributed by atoms with E-state index in [-0.39, 0.29) is 5.91 Å². The summed E-state index contributed by atoms with van der Waals surface area (Å²) in [7, 11) is 0. The van der Waals surface area contributed by atoms with Crippen molar-refractivity contribution in [3.63, 3.8) is 0 Å². The van der Waals surface area contributed by atoms with Gasteiger partial charge >= 0.3 is 0 Å². The summed E-state index contributed by atoms with van der Waals surface area (Å²) in [4.78, 5) is 14.1. The second kappa shape index (κ2) is 6.32. The predicted molar refractivity (Wildman–Crippen MR) is 86.2 cm³/mol. The molecule has 118 valence electrons. The molecule has 0 aliphatic heterocycles. The number of aliphatic hydroxyl groups is 1. The Labute approximate surface area is 131 Å². The van der Waals surface area contributed by atoms with Crippen molar-refractivity contribution >= 4 is 5.91 Å². The number of benzene rings is 1. The average molecular weight is 301 g/mol. The standard InChI is InChI=1S/C17H23N3O2/c1-5-19(12-17(3,4)22)16(21)14-6-8-15(9-7-14)20-11-13(2)10-18-20/h6-11,22H,5,12H2,1-4H3. The van der Waals surface area contributed by atoms with Crippen LogP contribution < -0.4 is 0 Å². The summed E-state index contributed by atoms with van der Waals surface area (Å²) >= 11 is 0. The maximum Gasteiger partial charge on any atom is 0.253 e. The van der Waals surface area contributed by atoms with E-state index >= 15 is 0 Å². The monoisotopic (exact) mass is 301 g/mol. The Kier molecular flexibility index (Phi) is 4.66. The molecule has 1 amide bonds. The molecule has 1 N–H and O–H groups in total. The van der Waals surface area contributed by atoms with E-state index in [2.05, 4.69) is 5.10 Å². The van der Waals surface area contributed by atoms with Gasteiger partial charge in [0.1, 0.15) is 0 Å². The minimum absolute atomic E-state index is 0.0761. The second-order valence-electron chi connectivity index (χ2n) is 6.14. The molecule has 0 fully saturated rings. The Balaban J connectivity index is 2.17. The summed E-state index contributed by atoms with van der Waals surface area (Å²) in [6, 6.07) is 7.33. The zero-order valence-electron chi connectivity index (χ0n) is 13.6. The zero-order chi connectivity index (χ0) is 16.3. The van der Waals surface area contributed by atoms with E-state index in [0.29, 0.717) is 18.7 Å². The van der Waals surface area contributed by atoms with Gasteiger partial charge in [0.05, 0.1) is 17.5 Å². The molecule has 0 spiro atoms. The van der Waals surface area contributed by atoms with Gasteiger partial charge in [0.25, 0.3) is 5.91 Å². The lowest BCUT2D eigenvalue weighted by Gasteiger charge is -2.28. The van der Waals surface area contributed by atoms with E-state index in [1.54, 1.807) is 41.8 Å². The number of amides is 1. The van der Waals surface area contributed by atoms with Crippen LogP contribution in [0.3, 0.4) is 0 Å². The van der Waals surface area contributed by atoms with E-state index in [4.69, 9.17) is 0 Å². The average Bonchev–Trinajstić information content (AvgIpc) is 2.90. The zero-order valence-corrected chi connectivity index (χ0v) is 13.6. The van der Waals surface area contributed by atoms with Crippen LogP contribution in [0, 0.1) is 6.92 Å². The number of hydrogen-bond donors (Lipinski definition) is 1. The van der Waals surface area contributed by atoms with Crippen molar-refractivity contribution in [3.8, 4) is 5.69 Å². The lowest BCUT2D eigenvalue weighted by molar-refractivity contribution is 0.0314. The van der Waals surface area contributed by atoms with Gasteiger partial charge in [-0.15, -0.1) is 0 Å². The van der Waals surface area contributed by atoms with Crippen molar-refractivity contribution in [2.24, 2.45) is 0 Å². The molecule has 2 rings (SSSR count). The molecule has 0 bridgehead atoms. The molecule has 1 aromatic carbocycles. The summed E-state index contributed by atoms with van der Waals surface area (Å²) in [5, 5.41) is 14.2. The third kappa shape index (κ3) is 3.95. The minimum Gasteiger partial charge on any atom is -0.389 e. The molecule has 0 atom stereocenters. The molecular weight excluding hydrogens is 278 g/mol. The SMILES string of the molecule is CCN(CC(C)(C)O)C(=O)c1ccc(-n2cc(C)cn2)cc1. The fourth-order valence-electron chi connectivity index (χ4n) is 2.29. The lowest BCUT2D eigenvalue weighted by Crippen LogP contribution is -2.42. The maximum absolute atomic E-state index is 12.5. The molecule has 1 heterocycles. The van der Waals surface area contributed by atoms with Crippen molar-refractivity contribution in [2.45, 2.75) is 33.3 Å². The highest BCUT2D eigenvalue weighted by atomic mass is 16.3. The van der Waals surface area contributed by atoms with Crippen LogP contribution >= 0.6 is 0 Å². The summed E-state index contributed by atoms with van der Waals surface area (Å²) < 4.78 is 1.78. The van der Waals surface area contributed by atoms with Crippen LogP contribution in [-0.2, 0) is 0 Å². The van der Waals surface area contributed by atoms with E-state index in [1.807, 2.05) is 32.2 Å². The van der Waals surface area contributed by atoms with Crippen LogP contribution in [0.1, 0.15) is 36.7 Å². The number of aryl methyl sites for hydroxylation is 1. The summed E-state index contributed by atoms with van der Waals surface area (Å²) in [5.74, 6) is -0.0761. The van der Waals surface area contributed by atoms with Gasteiger partial charge in [-0.05, 0) is 57.5 Å². The fourth-order valence-corrected chi connectivity index (χ4v) is 2.29. The van der Waals surface area contributed by atoms with Gasteiger partial charge in [-0.25, -0.2) is 4.68 Å². The second-order valence-corrected chi connectivity index (χ2v) is 6.14. The van der Waals surface area contributed by atoms with Gasteiger partial charge in [0, 0.05) is 24.8 Å². The number of carbonyl (C=O) groups excluding carboxylic acids is 1. The molecule has 5 nitrogen and oxygen atoms in total. The minimum atomic E-state index is -0.905. The first-order valence-electron chi connectivity index (χ1n) is 7.43. The molecule has 1 aromatic heterocycles. The Morgan fingerprint density at radius 2 is 1.95 bits per heavy atom. The van der Waals surface area contributed by atoms with Crippen molar-refractivity contribution in [1.82, 2.24) is 14.7 Å². The largest absolute Gasteiger partial charge is 0.389 e. The van der Waals surface area contributed by atoms with Crippen molar-refractivity contribution in [2.75, 3.05) is 13.1 Å². The maximum atomic E-state index is 12.5. The molecule has 22 heavy (non-hydrogen) atoms. The molecule has 5 heteroatoms. The van der Waals surface area contributed by atoms with Gasteiger partial charge < -0.3 is 10.0 Å². The molecule has 0 saturated carbocycles. The van der Waals surface area contributed by atoms with Crippen molar-refractivity contribution in [1.29, 1.82) is 0 Å². The van der Waals surface area contributed by atoms with E-state index in [9.17, 15) is 9.90 Å². The van der Waals surface area contributed by atoms with Gasteiger partial charge in [-0.3, -0.25) is 4.79 Å². The molecule has 0 radical (unpaired) electrons. The van der Waals surface area contributed by atoms with E-state index in [0.717, 1.165) is 11.3 Å². The van der Waals surface area contributed by atoms with Crippen molar-refractivity contribution < 1.29 is 9.90 Å². The van der Waals surface area contributed by atoms with E-state index in [1.165, 1.54) is 0 Å². The highest BCUT2D eigenvalue weighted by Gasteiger charge is 2.22. The third-order valence-corrected chi connectivity index (χ3v) is 3.34.